The van der Waals surface area contributed by atoms with Crippen molar-refractivity contribution < 1.29 is 19.2 Å². The second-order valence-electron chi connectivity index (χ2n) is 13.9. The minimum Gasteiger partial charge on any atom is -0.402 e. The Labute approximate surface area is 297 Å². The fourth-order valence-corrected chi connectivity index (χ4v) is 4.70. The van der Waals surface area contributed by atoms with Crippen molar-refractivity contribution in [1.82, 2.24) is 40.4 Å². The first kappa shape index (κ1) is 43.5. The molecule has 2 unspecified atom stereocenters. The summed E-state index contributed by atoms with van der Waals surface area (Å²) in [5.41, 5.74) is 12.6. The normalized spacial score (nSPS) is 17.2. The van der Waals surface area contributed by atoms with E-state index in [4.69, 9.17) is 11.1 Å². The molecule has 4 heterocycles. The second-order valence-corrected chi connectivity index (χ2v) is 13.9. The van der Waals surface area contributed by atoms with Crippen LogP contribution in [0.15, 0.2) is 30.1 Å². The van der Waals surface area contributed by atoms with Crippen molar-refractivity contribution in [3.8, 4) is 0 Å². The molecule has 280 valence electrons. The molecule has 15 nitrogen and oxygen atoms in total. The third-order valence-electron chi connectivity index (χ3n) is 7.84. The molecule has 0 aliphatic carbocycles. The molecule has 4 amide bonds. The van der Waals surface area contributed by atoms with Gasteiger partial charge in [-0.25, -0.2) is 0 Å². The highest BCUT2D eigenvalue weighted by Crippen LogP contribution is 2.17. The molecule has 2 fully saturated rings. The van der Waals surface area contributed by atoms with E-state index >= 15 is 0 Å². The number of rotatable bonds is 9. The zero-order valence-corrected chi connectivity index (χ0v) is 31.7. The first-order valence-electron chi connectivity index (χ1n) is 17.2. The largest absolute Gasteiger partial charge is 0.402 e. The van der Waals surface area contributed by atoms with Crippen LogP contribution in [0.5, 0.6) is 0 Å². The zero-order valence-electron chi connectivity index (χ0n) is 31.7. The third kappa shape index (κ3) is 14.5. The average Bonchev–Trinajstić information content (AvgIpc) is 3.89. The lowest BCUT2D eigenvalue weighted by Gasteiger charge is -2.21. The average molecular weight is 700 g/mol. The minimum absolute atomic E-state index is 0.0512. The Balaban J connectivity index is 0.000000421. The molecule has 8 N–H and O–H groups in total. The van der Waals surface area contributed by atoms with E-state index in [0.717, 1.165) is 38.0 Å². The predicted molar refractivity (Wildman–Crippen MR) is 197 cm³/mol. The Morgan fingerprint density at radius 1 is 1.06 bits per heavy atom. The number of allylic oxidation sites excluding steroid dienone is 2. The number of hydrogen-bond donors (Lipinski definition) is 6. The fourth-order valence-electron chi connectivity index (χ4n) is 4.70. The Morgan fingerprint density at radius 3 is 2.14 bits per heavy atom. The number of amides is 4. The molecule has 2 aromatic heterocycles. The molecular formula is C35H61N11O4. The van der Waals surface area contributed by atoms with Crippen molar-refractivity contribution in [1.29, 1.82) is 5.41 Å². The van der Waals surface area contributed by atoms with Gasteiger partial charge >= 0.3 is 0 Å². The Kier molecular flexibility index (Phi) is 18.1. The number of likely N-dealkylation sites (tertiary alicyclic amines) is 2. The maximum absolute atomic E-state index is 12.5. The molecule has 0 saturated carbocycles. The van der Waals surface area contributed by atoms with E-state index in [1.165, 1.54) is 7.05 Å². The molecule has 50 heavy (non-hydrogen) atoms. The van der Waals surface area contributed by atoms with E-state index < -0.39 is 0 Å². The van der Waals surface area contributed by atoms with Crippen LogP contribution in [0.25, 0.3) is 0 Å². The third-order valence-corrected chi connectivity index (χ3v) is 7.84. The molecule has 0 radical (unpaired) electrons. The van der Waals surface area contributed by atoms with Crippen molar-refractivity contribution in [2.45, 2.75) is 99.7 Å². The lowest BCUT2D eigenvalue weighted by molar-refractivity contribution is -0.129. The number of carbonyl (C=O) groups excluding carboxylic acids is 4. The van der Waals surface area contributed by atoms with Crippen molar-refractivity contribution in [3.05, 3.63) is 47.2 Å². The zero-order chi connectivity index (χ0) is 38.2. The highest BCUT2D eigenvalue weighted by Gasteiger charge is 2.30. The number of aromatic nitrogens is 4. The van der Waals surface area contributed by atoms with Crippen LogP contribution >= 0.6 is 0 Å². The summed E-state index contributed by atoms with van der Waals surface area (Å²) >= 11 is 0. The van der Waals surface area contributed by atoms with Gasteiger partial charge in [0.05, 0.1) is 0 Å². The summed E-state index contributed by atoms with van der Waals surface area (Å²) in [4.78, 5) is 50.3. The smallest absolute Gasteiger partial charge is 0.274 e. The van der Waals surface area contributed by atoms with Gasteiger partial charge in [-0.3, -0.25) is 29.0 Å². The quantitative estimate of drug-likeness (QED) is 0.168. The molecular weight excluding hydrogens is 638 g/mol. The van der Waals surface area contributed by atoms with E-state index in [0.29, 0.717) is 48.3 Å². The summed E-state index contributed by atoms with van der Waals surface area (Å²) in [6.07, 6.45) is 5.89. The van der Waals surface area contributed by atoms with Crippen molar-refractivity contribution >= 4 is 29.8 Å². The predicted octanol–water partition coefficient (Wildman–Crippen LogP) is 2.87. The standard InChI is InChI=1S/C17H24N6O2.C10H18N2O2.C7H14N2.CH5N/c1-4-23-8-6-13(21-23)16(24)18-12-5-7-22(10-12)17(25)15-9-14(11(2)3)19-20-15;1-10(2,3)9(14)11-8-4-5-12(6-8)7-13;1-5(2)7(9)4-6(3)8;1-2/h6,8-9,11-12H,4-5,7,10H2,1-3H3,(H,18,24)(H,19,20);7-8H,4-6H2,1-3H3,(H,11,14);4-5,9H,8H2,1-3H3;2H2,1H3/b;;6-4-,9-7?;. The summed E-state index contributed by atoms with van der Waals surface area (Å²) in [5, 5.41) is 24.4. The molecule has 15 heteroatoms. The van der Waals surface area contributed by atoms with Crippen molar-refractivity contribution in [2.24, 2.45) is 22.8 Å². The fraction of sp³-hybridized carbons (Fsp3) is 0.629. The van der Waals surface area contributed by atoms with Crippen molar-refractivity contribution in [2.75, 3.05) is 33.2 Å². The first-order valence-corrected chi connectivity index (χ1v) is 17.2. The summed E-state index contributed by atoms with van der Waals surface area (Å²) in [6.45, 7) is 20.7. The monoisotopic (exact) mass is 699 g/mol. The van der Waals surface area contributed by atoms with Crippen LogP contribution in [0.4, 0.5) is 0 Å². The number of hydrogen-bond acceptors (Lipinski definition) is 9. The van der Waals surface area contributed by atoms with Crippen LogP contribution in [-0.4, -0.2) is 105 Å². The molecule has 2 atom stereocenters. The molecule has 0 aromatic carbocycles. The van der Waals surface area contributed by atoms with E-state index in [1.807, 2.05) is 55.4 Å². The number of aryl methyl sites for hydroxylation is 1. The Bertz CT molecular complexity index is 1420. The summed E-state index contributed by atoms with van der Waals surface area (Å²) < 4.78 is 1.71. The minimum atomic E-state index is -0.353. The van der Waals surface area contributed by atoms with Crippen LogP contribution < -0.4 is 22.1 Å². The number of nitrogens with two attached hydrogens (primary N) is 2. The topological polar surface area (TPSA) is 221 Å². The number of nitrogens with one attached hydrogen (secondary N) is 4. The maximum Gasteiger partial charge on any atom is 0.274 e. The van der Waals surface area contributed by atoms with E-state index in [-0.39, 0.29) is 41.1 Å². The Morgan fingerprint density at radius 2 is 1.68 bits per heavy atom. The van der Waals surface area contributed by atoms with Gasteiger partial charge < -0.3 is 37.3 Å². The van der Waals surface area contributed by atoms with Crippen LogP contribution in [-0.2, 0) is 16.1 Å². The summed E-state index contributed by atoms with van der Waals surface area (Å²) in [6, 6.07) is 3.57. The number of carbonyl (C=O) groups is 4. The van der Waals surface area contributed by atoms with Gasteiger partial charge in [-0.2, -0.15) is 10.2 Å². The maximum atomic E-state index is 12.5. The number of H-pyrrole nitrogens is 1. The van der Waals surface area contributed by atoms with Gasteiger partial charge in [0.2, 0.25) is 12.3 Å². The van der Waals surface area contributed by atoms with Crippen molar-refractivity contribution in [3.63, 3.8) is 0 Å². The van der Waals surface area contributed by atoms with E-state index in [2.05, 4.69) is 31.7 Å². The van der Waals surface area contributed by atoms with Crippen LogP contribution in [0.3, 0.4) is 0 Å². The highest BCUT2D eigenvalue weighted by atomic mass is 16.2. The molecule has 2 aliphatic heterocycles. The van der Waals surface area contributed by atoms with Crippen LogP contribution in [0.1, 0.15) is 108 Å². The molecule has 2 saturated heterocycles. The van der Waals surface area contributed by atoms with Gasteiger partial charge in [-0.1, -0.05) is 48.5 Å². The SMILES string of the molecule is C/C(N)=C/C(=N)C(C)C.CC(C)(C)C(=O)NC1CCN(C=O)C1.CCn1ccc(C(=O)NC2CCN(C(=O)c3cc(C(C)C)[nH]n3)C2)n1.CN. The van der Waals surface area contributed by atoms with Gasteiger partial charge in [0, 0.05) is 73.5 Å². The molecule has 0 bridgehead atoms. The van der Waals surface area contributed by atoms with Crippen LogP contribution in [0, 0.1) is 16.7 Å². The Hall–Kier alpha value is -4.53. The summed E-state index contributed by atoms with van der Waals surface area (Å²) in [5.74, 6) is 0.324. The molecule has 2 aromatic rings. The number of nitrogens with zero attached hydrogens (tertiary/aromatic N) is 5. The summed E-state index contributed by atoms with van der Waals surface area (Å²) in [7, 11) is 1.50. The molecule has 0 spiro atoms. The van der Waals surface area contributed by atoms with E-state index in [1.54, 1.807) is 45.8 Å². The van der Waals surface area contributed by atoms with E-state index in [9.17, 15) is 19.2 Å². The second kappa shape index (κ2) is 20.9. The highest BCUT2D eigenvalue weighted by molar-refractivity contribution is 5.94. The van der Waals surface area contributed by atoms with Gasteiger partial charge in [0.1, 0.15) is 11.4 Å². The van der Waals surface area contributed by atoms with Gasteiger partial charge in [0.15, 0.2) is 0 Å². The van der Waals surface area contributed by atoms with Gasteiger partial charge in [0.25, 0.3) is 11.8 Å². The molecule has 4 rings (SSSR count). The van der Waals surface area contributed by atoms with Gasteiger partial charge in [-0.15, -0.1) is 0 Å². The first-order chi connectivity index (χ1) is 23.4. The van der Waals surface area contributed by atoms with Crippen LogP contribution in [0.2, 0.25) is 0 Å². The lowest BCUT2D eigenvalue weighted by Crippen LogP contribution is -2.42. The molecule has 2 aliphatic rings. The lowest BCUT2D eigenvalue weighted by atomic mass is 9.95. The number of aromatic amines is 1. The van der Waals surface area contributed by atoms with Gasteiger partial charge in [-0.05, 0) is 63.8 Å².